The van der Waals surface area contributed by atoms with Crippen molar-refractivity contribution in [2.75, 3.05) is 0 Å². The van der Waals surface area contributed by atoms with Crippen LogP contribution < -0.4 is 0 Å². The molecule has 0 fully saturated rings. The highest BCUT2D eigenvalue weighted by molar-refractivity contribution is 7.21. The second kappa shape index (κ2) is 14.0. The lowest BCUT2D eigenvalue weighted by Gasteiger charge is -2.21. The minimum Gasteiger partial charge on any atom is -0.242 e. The summed E-state index contributed by atoms with van der Waals surface area (Å²) >= 11 is 1.72. The Morgan fingerprint density at radius 2 is 0.761 bits per heavy atom. The van der Waals surface area contributed by atoms with Crippen molar-refractivity contribution >= 4 is 54.9 Å². The van der Waals surface area contributed by atoms with Crippen molar-refractivity contribution in [1.29, 1.82) is 0 Å². The Morgan fingerprint density at radius 1 is 0.358 bits per heavy atom. The Balaban J connectivity index is 1.17. The number of benzene rings is 9. The molecule has 0 bridgehead atoms. The fourth-order valence-corrected chi connectivity index (χ4v) is 12.6. The molecule has 11 aromatic rings. The van der Waals surface area contributed by atoms with E-state index in [1.54, 1.807) is 11.3 Å². The van der Waals surface area contributed by atoms with Crippen LogP contribution in [0.2, 0.25) is 0 Å². The number of nitrogens with zero attached hydrogens (tertiary/aromatic N) is 2. The molecule has 2 aliphatic carbocycles. The maximum absolute atomic E-state index is 15.5. The topological polar surface area (TPSA) is 25.8 Å². The van der Waals surface area contributed by atoms with Gasteiger partial charge in [-0.2, -0.15) is 0 Å². The number of fused-ring (bicyclic) bond motifs is 13. The first-order valence-electron chi connectivity index (χ1n) is 22.4. The van der Waals surface area contributed by atoms with Crippen LogP contribution in [0.5, 0.6) is 0 Å². The SMILES string of the molecule is CC1(C)c2ccccc2-c2c(-c3sc(-c4cccc5c4-c4ccccc4C5(C)C)c4nc5c6ccc(-c7ccc(F)cc7F)cc6c6cc(-c7ccc(F)cc7F)ccc6c5nc34)cccc21. The van der Waals surface area contributed by atoms with Gasteiger partial charge in [-0.15, -0.1) is 11.3 Å². The lowest BCUT2D eigenvalue weighted by molar-refractivity contribution is 0.585. The summed E-state index contributed by atoms with van der Waals surface area (Å²) in [5.41, 5.74) is 16.0. The molecule has 2 heterocycles. The molecule has 0 N–H and O–H groups in total. The van der Waals surface area contributed by atoms with E-state index < -0.39 is 23.3 Å². The van der Waals surface area contributed by atoms with Gasteiger partial charge in [0.15, 0.2) is 0 Å². The van der Waals surface area contributed by atoms with E-state index in [0.29, 0.717) is 22.2 Å². The molecular weight excluding hydrogens is 857 g/mol. The molecule has 7 heteroatoms. The van der Waals surface area contributed by atoms with E-state index in [0.717, 1.165) is 65.6 Å². The molecule has 2 nitrogen and oxygen atoms in total. The predicted octanol–water partition coefficient (Wildman–Crippen LogP) is 17.0. The number of hydrogen-bond acceptors (Lipinski definition) is 3. The molecule has 0 aliphatic heterocycles. The van der Waals surface area contributed by atoms with Gasteiger partial charge in [-0.25, -0.2) is 27.5 Å². The molecule has 0 atom stereocenters. The normalized spacial score (nSPS) is 14.2. The zero-order valence-electron chi connectivity index (χ0n) is 36.8. The molecule has 2 aliphatic rings. The minimum atomic E-state index is -0.686. The first-order valence-corrected chi connectivity index (χ1v) is 23.2. The molecule has 2 aromatic heterocycles. The number of halogens is 4. The van der Waals surface area contributed by atoms with E-state index >= 15 is 8.78 Å². The van der Waals surface area contributed by atoms with Crippen molar-refractivity contribution in [2.24, 2.45) is 0 Å². The average molecular weight is 895 g/mol. The van der Waals surface area contributed by atoms with Crippen LogP contribution in [-0.4, -0.2) is 9.97 Å². The first kappa shape index (κ1) is 39.8. The number of rotatable bonds is 4. The van der Waals surface area contributed by atoms with Crippen molar-refractivity contribution in [2.45, 2.75) is 38.5 Å². The van der Waals surface area contributed by atoms with Gasteiger partial charge in [0, 0.05) is 56.0 Å². The van der Waals surface area contributed by atoms with Gasteiger partial charge < -0.3 is 0 Å². The molecular formula is C60H38F4N2S. The summed E-state index contributed by atoms with van der Waals surface area (Å²) in [6.45, 7) is 9.16. The third kappa shape index (κ3) is 5.61. The van der Waals surface area contributed by atoms with Crippen LogP contribution in [0, 0.1) is 23.3 Å². The molecule has 9 aromatic carbocycles. The quantitative estimate of drug-likeness (QED) is 0.130. The van der Waals surface area contributed by atoms with Crippen LogP contribution in [0.4, 0.5) is 17.6 Å². The van der Waals surface area contributed by atoms with E-state index in [9.17, 15) is 8.78 Å². The summed E-state index contributed by atoms with van der Waals surface area (Å²) in [5.74, 6) is -2.71. The van der Waals surface area contributed by atoms with Crippen LogP contribution in [0.25, 0.3) is 109 Å². The number of thiophene rings is 1. The molecule has 0 amide bonds. The van der Waals surface area contributed by atoms with Crippen molar-refractivity contribution in [3.8, 4) is 65.4 Å². The predicted molar refractivity (Wildman–Crippen MR) is 267 cm³/mol. The molecule has 0 radical (unpaired) electrons. The fraction of sp³-hybridized carbons (Fsp3) is 0.100. The van der Waals surface area contributed by atoms with Gasteiger partial charge in [-0.1, -0.05) is 137 Å². The van der Waals surface area contributed by atoms with Crippen LogP contribution in [0.3, 0.4) is 0 Å². The van der Waals surface area contributed by atoms with Gasteiger partial charge >= 0.3 is 0 Å². The Labute approximate surface area is 387 Å². The largest absolute Gasteiger partial charge is 0.242 e. The van der Waals surface area contributed by atoms with Gasteiger partial charge in [-0.3, -0.25) is 0 Å². The van der Waals surface area contributed by atoms with E-state index in [-0.39, 0.29) is 22.0 Å². The third-order valence-electron chi connectivity index (χ3n) is 14.6. The highest BCUT2D eigenvalue weighted by Gasteiger charge is 2.39. The van der Waals surface area contributed by atoms with E-state index in [4.69, 9.17) is 9.97 Å². The summed E-state index contributed by atoms with van der Waals surface area (Å²) in [5, 5.41) is 2.99. The third-order valence-corrected chi connectivity index (χ3v) is 15.8. The zero-order valence-corrected chi connectivity index (χ0v) is 37.6. The molecule has 0 spiro atoms. The Morgan fingerprint density at radius 3 is 1.19 bits per heavy atom. The molecule has 13 rings (SSSR count). The number of hydrogen-bond donors (Lipinski definition) is 0. The van der Waals surface area contributed by atoms with Gasteiger partial charge in [0.2, 0.25) is 0 Å². The van der Waals surface area contributed by atoms with E-state index in [2.05, 4.69) is 113 Å². The van der Waals surface area contributed by atoms with Gasteiger partial charge in [-0.05, 0) is 103 Å². The smallest absolute Gasteiger partial charge is 0.133 e. The highest BCUT2D eigenvalue weighted by atomic mass is 32.1. The van der Waals surface area contributed by atoms with Crippen LogP contribution >= 0.6 is 11.3 Å². The summed E-state index contributed by atoms with van der Waals surface area (Å²) in [7, 11) is 0. The second-order valence-electron chi connectivity index (χ2n) is 18.9. The summed E-state index contributed by atoms with van der Waals surface area (Å²) < 4.78 is 59.4. The average Bonchev–Trinajstić information content (AvgIpc) is 3.90. The molecule has 0 saturated heterocycles. The van der Waals surface area contributed by atoms with Crippen molar-refractivity contribution < 1.29 is 17.6 Å². The second-order valence-corrected chi connectivity index (χ2v) is 20.0. The monoisotopic (exact) mass is 894 g/mol. The Kier molecular flexibility index (Phi) is 8.34. The van der Waals surface area contributed by atoms with Crippen molar-refractivity contribution in [3.63, 3.8) is 0 Å². The molecule has 322 valence electrons. The highest BCUT2D eigenvalue weighted by Crippen LogP contribution is 2.58. The lowest BCUT2D eigenvalue weighted by Crippen LogP contribution is -2.14. The Bertz CT molecular complexity index is 3740. The Hall–Kier alpha value is -7.48. The molecule has 0 saturated carbocycles. The maximum Gasteiger partial charge on any atom is 0.133 e. The summed E-state index contributed by atoms with van der Waals surface area (Å²) in [6.07, 6.45) is 0. The zero-order chi connectivity index (χ0) is 45.7. The number of aromatic nitrogens is 2. The van der Waals surface area contributed by atoms with Crippen molar-refractivity contribution in [1.82, 2.24) is 9.97 Å². The van der Waals surface area contributed by atoms with Gasteiger partial charge in [0.25, 0.3) is 0 Å². The maximum atomic E-state index is 15.5. The molecule has 0 unspecified atom stereocenters. The van der Waals surface area contributed by atoms with Crippen LogP contribution in [0.1, 0.15) is 49.9 Å². The van der Waals surface area contributed by atoms with Gasteiger partial charge in [0.1, 0.15) is 34.3 Å². The summed E-state index contributed by atoms with van der Waals surface area (Å²) in [6, 6.07) is 49.0. The van der Waals surface area contributed by atoms with E-state index in [1.165, 1.54) is 68.8 Å². The van der Waals surface area contributed by atoms with E-state index in [1.807, 2.05) is 36.4 Å². The fourth-order valence-electron chi connectivity index (χ4n) is 11.3. The molecule has 67 heavy (non-hydrogen) atoms. The standard InChI is InChI=1S/C60H38F4N2S/c1-59(2)45-15-7-5-11-39(45)51-41(13-9-17-47(51)59)57-55-56(58(67-57)42-14-10-18-48-52(42)40-12-6-8-16-46(40)60(48,3)4)66-54-38-24-20-32(36-26-22-34(62)30-50(36)64)28-44(38)43-27-31(19-23-37(43)53(54)65-55)35-25-21-33(61)29-49(35)63/h5-30H,1-4H3. The van der Waals surface area contributed by atoms with Crippen molar-refractivity contribution in [3.05, 3.63) is 203 Å². The summed E-state index contributed by atoms with van der Waals surface area (Å²) in [4.78, 5) is 13.5. The minimum absolute atomic E-state index is 0.224. The van der Waals surface area contributed by atoms with Crippen LogP contribution in [0.15, 0.2) is 158 Å². The van der Waals surface area contributed by atoms with Crippen LogP contribution in [-0.2, 0) is 10.8 Å². The lowest BCUT2D eigenvalue weighted by atomic mass is 9.82. The first-order chi connectivity index (χ1) is 32.4. The van der Waals surface area contributed by atoms with Gasteiger partial charge in [0.05, 0.1) is 20.8 Å².